The van der Waals surface area contributed by atoms with E-state index >= 15 is 0 Å². The van der Waals surface area contributed by atoms with Crippen molar-refractivity contribution in [3.8, 4) is 0 Å². The van der Waals surface area contributed by atoms with Crippen LogP contribution in [0.5, 0.6) is 0 Å². The highest BCUT2D eigenvalue weighted by atomic mass is 32.2. The lowest BCUT2D eigenvalue weighted by Crippen LogP contribution is -2.42. The van der Waals surface area contributed by atoms with Gasteiger partial charge in [0.25, 0.3) is 0 Å². The van der Waals surface area contributed by atoms with Crippen LogP contribution in [0, 0.1) is 11.2 Å². The maximum Gasteiger partial charge on any atom is 0.413 e. The molecule has 0 aliphatic heterocycles. The van der Waals surface area contributed by atoms with Gasteiger partial charge in [0.15, 0.2) is 15.8 Å². The average Bonchev–Trinajstić information content (AvgIpc) is 2.39. The lowest BCUT2D eigenvalue weighted by Gasteiger charge is -2.18. The number of hydrogen-bond acceptors (Lipinski definition) is 5. The minimum atomic E-state index is -3.61. The highest BCUT2D eigenvalue weighted by Crippen LogP contribution is 2.23. The molecule has 1 aromatic carbocycles. The Morgan fingerprint density at radius 3 is 2.57 bits per heavy atom. The minimum absolute atomic E-state index is 0.00151. The molecule has 0 spiro atoms. The number of benzene rings is 1. The Balaban J connectivity index is 2.85. The molecular weight excluding hydrogens is 301 g/mol. The number of carbonyl (C=O) groups is 1. The maximum atomic E-state index is 13.7. The summed E-state index contributed by atoms with van der Waals surface area (Å²) in [6.07, 6.45) is 0.109. The van der Waals surface area contributed by atoms with Crippen LogP contribution in [0.1, 0.15) is 10.8 Å². The molecule has 0 radical (unpaired) electrons. The number of methoxy groups -OCH3 is 1. The monoisotopic (exact) mass is 317 g/mol. The first kappa shape index (κ1) is 16.9. The number of rotatable bonds is 4. The van der Waals surface area contributed by atoms with Crippen LogP contribution >= 0.6 is 0 Å². The molecule has 1 amide bonds. The van der Waals surface area contributed by atoms with Gasteiger partial charge >= 0.3 is 6.09 Å². The number of guanidine groups is 1. The quantitative estimate of drug-likeness (QED) is 0.562. The van der Waals surface area contributed by atoms with E-state index in [-0.39, 0.29) is 12.1 Å². The smallest absolute Gasteiger partial charge is 0.413 e. The van der Waals surface area contributed by atoms with Gasteiger partial charge in [-0.05, 0) is 6.07 Å². The molecule has 116 valence electrons. The van der Waals surface area contributed by atoms with E-state index in [1.165, 1.54) is 18.2 Å². The van der Waals surface area contributed by atoms with Gasteiger partial charge in [0.05, 0.1) is 7.11 Å². The van der Waals surface area contributed by atoms with Crippen molar-refractivity contribution in [3.05, 3.63) is 35.6 Å². The van der Waals surface area contributed by atoms with Crippen molar-refractivity contribution in [3.63, 3.8) is 0 Å². The fourth-order valence-corrected chi connectivity index (χ4v) is 2.66. The normalized spacial score (nSPS) is 12.3. The van der Waals surface area contributed by atoms with E-state index in [4.69, 9.17) is 5.41 Å². The summed E-state index contributed by atoms with van der Waals surface area (Å²) < 4.78 is 41.6. The van der Waals surface area contributed by atoms with Gasteiger partial charge in [0.2, 0.25) is 0 Å². The van der Waals surface area contributed by atoms with Crippen LogP contribution in [0.4, 0.5) is 9.18 Å². The van der Waals surface area contributed by atoms with Gasteiger partial charge in [-0.1, -0.05) is 18.2 Å². The number of carbonyl (C=O) groups excluding carboxylic acids is 1. The van der Waals surface area contributed by atoms with Crippen molar-refractivity contribution in [1.82, 2.24) is 10.6 Å². The second-order valence-electron chi connectivity index (χ2n) is 4.21. The second-order valence-corrected chi connectivity index (χ2v) is 6.44. The van der Waals surface area contributed by atoms with Crippen LogP contribution in [0.2, 0.25) is 0 Å². The van der Waals surface area contributed by atoms with E-state index in [0.717, 1.165) is 19.4 Å². The molecule has 21 heavy (non-hydrogen) atoms. The molecule has 1 atom stereocenters. The number of alkyl carbamates (subject to hydrolysis) is 1. The number of hydrogen-bond donors (Lipinski definition) is 3. The van der Waals surface area contributed by atoms with Crippen LogP contribution in [0.15, 0.2) is 24.3 Å². The highest BCUT2D eigenvalue weighted by molar-refractivity contribution is 7.91. The van der Waals surface area contributed by atoms with E-state index in [1.807, 2.05) is 5.32 Å². The summed E-state index contributed by atoms with van der Waals surface area (Å²) in [5, 5.41) is 10.7. The van der Waals surface area contributed by atoms with Gasteiger partial charge in [0.1, 0.15) is 11.1 Å². The van der Waals surface area contributed by atoms with E-state index in [1.54, 1.807) is 0 Å². The number of halogens is 1. The zero-order chi connectivity index (χ0) is 16.0. The predicted octanol–water partition coefficient (Wildman–Crippen LogP) is 0.792. The Kier molecular flexibility index (Phi) is 5.65. The molecule has 0 bridgehead atoms. The highest BCUT2D eigenvalue weighted by Gasteiger charge is 2.25. The molecule has 0 aromatic heterocycles. The molecule has 1 rings (SSSR count). The van der Waals surface area contributed by atoms with Gasteiger partial charge < -0.3 is 10.1 Å². The molecule has 7 nitrogen and oxygen atoms in total. The van der Waals surface area contributed by atoms with E-state index < -0.39 is 33.0 Å². The number of amides is 1. The fourth-order valence-electron chi connectivity index (χ4n) is 1.62. The Morgan fingerprint density at radius 2 is 2.05 bits per heavy atom. The van der Waals surface area contributed by atoms with Crippen molar-refractivity contribution in [2.45, 2.75) is 5.25 Å². The van der Waals surface area contributed by atoms with E-state index in [0.29, 0.717) is 0 Å². The summed E-state index contributed by atoms with van der Waals surface area (Å²) in [7, 11) is -2.49. The van der Waals surface area contributed by atoms with Crippen LogP contribution in [0.3, 0.4) is 0 Å². The summed E-state index contributed by atoms with van der Waals surface area (Å²) >= 11 is 0. The molecule has 0 fully saturated rings. The largest absolute Gasteiger partial charge is 0.453 e. The van der Waals surface area contributed by atoms with Crippen molar-refractivity contribution >= 4 is 21.9 Å². The van der Waals surface area contributed by atoms with Gasteiger partial charge in [0, 0.05) is 18.4 Å². The molecule has 0 aliphatic carbocycles. The van der Waals surface area contributed by atoms with Crippen LogP contribution in [-0.2, 0) is 14.6 Å². The Hall–Kier alpha value is -2.16. The van der Waals surface area contributed by atoms with Gasteiger partial charge in [-0.25, -0.2) is 17.6 Å². The van der Waals surface area contributed by atoms with Crippen LogP contribution < -0.4 is 10.6 Å². The number of ether oxygens (including phenoxy) is 1. The van der Waals surface area contributed by atoms with Gasteiger partial charge in [-0.2, -0.15) is 0 Å². The van der Waals surface area contributed by atoms with Gasteiger partial charge in [-0.15, -0.1) is 0 Å². The average molecular weight is 317 g/mol. The van der Waals surface area contributed by atoms with E-state index in [2.05, 4.69) is 10.1 Å². The molecule has 0 heterocycles. The number of sulfone groups is 1. The van der Waals surface area contributed by atoms with Crippen LogP contribution in [-0.4, -0.2) is 40.4 Å². The first-order chi connectivity index (χ1) is 9.75. The van der Waals surface area contributed by atoms with Crippen LogP contribution in [0.25, 0.3) is 0 Å². The summed E-state index contributed by atoms with van der Waals surface area (Å²) in [6.45, 7) is -0.261. The maximum absolute atomic E-state index is 13.7. The SMILES string of the molecule is COC(=O)NC(=N)NCC(c1ccccc1F)S(C)(=O)=O. The first-order valence-corrected chi connectivity index (χ1v) is 7.82. The molecule has 0 aliphatic rings. The second kappa shape index (κ2) is 7.02. The van der Waals surface area contributed by atoms with Crippen molar-refractivity contribution in [1.29, 1.82) is 5.41 Å². The van der Waals surface area contributed by atoms with Gasteiger partial charge in [-0.3, -0.25) is 10.7 Å². The minimum Gasteiger partial charge on any atom is -0.453 e. The first-order valence-electron chi connectivity index (χ1n) is 5.86. The standard InChI is InChI=1S/C12H16FN3O4S/c1-20-12(17)16-11(14)15-7-10(21(2,18)19)8-5-3-4-6-9(8)13/h3-6,10H,7H2,1-2H3,(H3,14,15,16,17). The Bertz CT molecular complexity index is 633. The topological polar surface area (TPSA) is 108 Å². The lowest BCUT2D eigenvalue weighted by atomic mass is 10.1. The summed E-state index contributed by atoms with van der Waals surface area (Å²) in [6, 6.07) is 5.49. The van der Waals surface area contributed by atoms with E-state index in [9.17, 15) is 17.6 Å². The van der Waals surface area contributed by atoms with Crippen molar-refractivity contribution < 1.29 is 22.3 Å². The summed E-state index contributed by atoms with van der Waals surface area (Å²) in [5.41, 5.74) is -0.00151. The third-order valence-electron chi connectivity index (χ3n) is 2.65. The zero-order valence-corrected chi connectivity index (χ0v) is 12.3. The molecule has 1 aromatic rings. The molecule has 9 heteroatoms. The third kappa shape index (κ3) is 5.03. The third-order valence-corrected chi connectivity index (χ3v) is 4.10. The Morgan fingerprint density at radius 1 is 1.43 bits per heavy atom. The molecular formula is C12H16FN3O4S. The molecule has 3 N–H and O–H groups in total. The molecule has 0 saturated heterocycles. The van der Waals surface area contributed by atoms with Crippen molar-refractivity contribution in [2.75, 3.05) is 19.9 Å². The summed E-state index contributed by atoms with van der Waals surface area (Å²) in [4.78, 5) is 10.9. The predicted molar refractivity (Wildman–Crippen MR) is 75.3 cm³/mol. The summed E-state index contributed by atoms with van der Waals surface area (Å²) in [5.74, 6) is -1.09. The fraction of sp³-hybridized carbons (Fsp3) is 0.333. The molecule has 1 unspecified atom stereocenters. The molecule has 0 saturated carbocycles. The van der Waals surface area contributed by atoms with Crippen molar-refractivity contribution in [2.24, 2.45) is 0 Å². The number of nitrogens with one attached hydrogen (secondary N) is 3. The zero-order valence-electron chi connectivity index (χ0n) is 11.5. The Labute approximate surface area is 121 Å². The lowest BCUT2D eigenvalue weighted by molar-refractivity contribution is 0.176.